The standard InChI is InChI=1S/C23H20N4O4/c1-27-11-10-23(30,22(27)29)9-8-14-4-3-5-15(12-14)21-25-18-7-6-16(31-2)13-17(18)19(26-21)20(24)28/h3-7,12-13,30H,10-11H2,1-2H3,(H2,24,28)/t23-/m0/s1. The molecular weight excluding hydrogens is 396 g/mol. The normalized spacial score (nSPS) is 18.0. The van der Waals surface area contributed by atoms with Crippen LogP contribution in [0.4, 0.5) is 0 Å². The summed E-state index contributed by atoms with van der Waals surface area (Å²) < 4.78 is 5.21. The fraction of sp³-hybridized carbons (Fsp3) is 0.217. The number of methoxy groups -OCH3 is 1. The number of ether oxygens (including phenoxy) is 1. The van der Waals surface area contributed by atoms with E-state index in [0.717, 1.165) is 0 Å². The Bertz CT molecular complexity index is 1280. The molecule has 0 saturated carbocycles. The first-order valence-electron chi connectivity index (χ1n) is 9.58. The third kappa shape index (κ3) is 3.79. The van der Waals surface area contributed by atoms with Gasteiger partial charge in [-0.1, -0.05) is 24.0 Å². The van der Waals surface area contributed by atoms with Crippen molar-refractivity contribution in [2.24, 2.45) is 5.73 Å². The molecule has 2 heterocycles. The predicted molar refractivity (Wildman–Crippen MR) is 114 cm³/mol. The second kappa shape index (κ2) is 7.70. The number of carbonyl (C=O) groups is 2. The smallest absolute Gasteiger partial charge is 0.268 e. The molecule has 8 nitrogen and oxygen atoms in total. The monoisotopic (exact) mass is 416 g/mol. The van der Waals surface area contributed by atoms with E-state index < -0.39 is 17.4 Å². The number of rotatable bonds is 3. The average molecular weight is 416 g/mol. The molecule has 8 heteroatoms. The second-order valence-corrected chi connectivity index (χ2v) is 7.31. The molecule has 1 aromatic heterocycles. The summed E-state index contributed by atoms with van der Waals surface area (Å²) in [5, 5.41) is 11.0. The third-order valence-corrected chi connectivity index (χ3v) is 5.18. The van der Waals surface area contributed by atoms with Gasteiger partial charge in [-0.3, -0.25) is 9.59 Å². The summed E-state index contributed by atoms with van der Waals surface area (Å²) in [5.41, 5.74) is 5.70. The zero-order chi connectivity index (χ0) is 22.2. The molecule has 2 aromatic carbocycles. The fourth-order valence-electron chi connectivity index (χ4n) is 3.43. The number of benzene rings is 2. The summed E-state index contributed by atoms with van der Waals surface area (Å²) in [4.78, 5) is 34.5. The van der Waals surface area contributed by atoms with Gasteiger partial charge in [-0.2, -0.15) is 0 Å². The Hall–Kier alpha value is -3.96. The van der Waals surface area contributed by atoms with E-state index in [1.165, 1.54) is 12.0 Å². The van der Waals surface area contributed by atoms with E-state index in [2.05, 4.69) is 21.8 Å². The minimum Gasteiger partial charge on any atom is -0.497 e. The lowest BCUT2D eigenvalue weighted by Crippen LogP contribution is -2.37. The highest BCUT2D eigenvalue weighted by atomic mass is 16.5. The number of fused-ring (bicyclic) bond motifs is 1. The van der Waals surface area contributed by atoms with Crippen molar-refractivity contribution in [3.8, 4) is 29.0 Å². The number of amides is 2. The molecule has 31 heavy (non-hydrogen) atoms. The second-order valence-electron chi connectivity index (χ2n) is 7.31. The maximum absolute atomic E-state index is 12.1. The van der Waals surface area contributed by atoms with Crippen LogP contribution >= 0.6 is 0 Å². The number of aliphatic hydroxyl groups is 1. The Kier molecular flexibility index (Phi) is 5.05. The molecule has 3 aromatic rings. The predicted octanol–water partition coefficient (Wildman–Crippen LogP) is 1.35. The maximum atomic E-state index is 12.1. The summed E-state index contributed by atoms with van der Waals surface area (Å²) in [6.07, 6.45) is 0.258. The molecule has 0 bridgehead atoms. The molecule has 0 unspecified atom stereocenters. The first-order chi connectivity index (χ1) is 14.8. The lowest BCUT2D eigenvalue weighted by molar-refractivity contribution is -0.137. The van der Waals surface area contributed by atoms with E-state index >= 15 is 0 Å². The molecule has 1 atom stereocenters. The van der Waals surface area contributed by atoms with Crippen molar-refractivity contribution < 1.29 is 19.4 Å². The van der Waals surface area contributed by atoms with E-state index in [0.29, 0.717) is 40.1 Å². The van der Waals surface area contributed by atoms with Gasteiger partial charge in [0.25, 0.3) is 11.8 Å². The van der Waals surface area contributed by atoms with Crippen LogP contribution in [0.3, 0.4) is 0 Å². The highest BCUT2D eigenvalue weighted by Crippen LogP contribution is 2.26. The zero-order valence-electron chi connectivity index (χ0n) is 17.0. The number of carbonyl (C=O) groups excluding carboxylic acids is 2. The average Bonchev–Trinajstić information content (AvgIpc) is 3.04. The Morgan fingerprint density at radius 3 is 2.74 bits per heavy atom. The van der Waals surface area contributed by atoms with Gasteiger partial charge in [0, 0.05) is 36.5 Å². The number of hydrogen-bond donors (Lipinski definition) is 2. The van der Waals surface area contributed by atoms with Gasteiger partial charge in [0.05, 0.1) is 12.6 Å². The number of nitrogens with zero attached hydrogens (tertiary/aromatic N) is 3. The fourth-order valence-corrected chi connectivity index (χ4v) is 3.43. The van der Waals surface area contributed by atoms with E-state index in [9.17, 15) is 14.7 Å². The molecule has 3 N–H and O–H groups in total. The van der Waals surface area contributed by atoms with Crippen molar-refractivity contribution in [2.45, 2.75) is 12.0 Å². The van der Waals surface area contributed by atoms with Crippen LogP contribution in [-0.2, 0) is 4.79 Å². The van der Waals surface area contributed by atoms with Crippen LogP contribution in [-0.4, -0.2) is 58.1 Å². The summed E-state index contributed by atoms with van der Waals surface area (Å²) >= 11 is 0. The molecule has 2 amide bonds. The molecule has 1 saturated heterocycles. The van der Waals surface area contributed by atoms with Crippen LogP contribution in [0.5, 0.6) is 5.75 Å². The SMILES string of the molecule is COc1ccc2nc(-c3cccc(C#C[C@]4(O)CCN(C)C4=O)c3)nc(C(N)=O)c2c1. The lowest BCUT2D eigenvalue weighted by atomic mass is 10.0. The van der Waals surface area contributed by atoms with E-state index in [-0.39, 0.29) is 12.1 Å². The van der Waals surface area contributed by atoms with Crippen molar-refractivity contribution in [1.29, 1.82) is 0 Å². The van der Waals surface area contributed by atoms with Crippen LogP contribution in [0.25, 0.3) is 22.3 Å². The molecule has 1 aliphatic rings. The van der Waals surface area contributed by atoms with Crippen LogP contribution < -0.4 is 10.5 Å². The van der Waals surface area contributed by atoms with E-state index in [4.69, 9.17) is 10.5 Å². The summed E-state index contributed by atoms with van der Waals surface area (Å²) in [5.74, 6) is 5.35. The van der Waals surface area contributed by atoms with Crippen molar-refractivity contribution in [3.05, 3.63) is 53.7 Å². The number of hydrogen-bond acceptors (Lipinski definition) is 6. The summed E-state index contributed by atoms with van der Waals surface area (Å²) in [6.45, 7) is 0.454. The molecular formula is C23H20N4O4. The lowest BCUT2D eigenvalue weighted by Gasteiger charge is -2.13. The maximum Gasteiger partial charge on any atom is 0.268 e. The van der Waals surface area contributed by atoms with Gasteiger partial charge >= 0.3 is 0 Å². The molecule has 1 aliphatic heterocycles. The van der Waals surface area contributed by atoms with Gasteiger partial charge in [-0.25, -0.2) is 9.97 Å². The molecule has 0 aliphatic carbocycles. The number of likely N-dealkylation sites (tertiary alicyclic amines) is 1. The molecule has 1 fully saturated rings. The minimum absolute atomic E-state index is 0.0873. The van der Waals surface area contributed by atoms with Crippen molar-refractivity contribution in [3.63, 3.8) is 0 Å². The van der Waals surface area contributed by atoms with Crippen molar-refractivity contribution in [2.75, 3.05) is 20.7 Å². The van der Waals surface area contributed by atoms with Crippen LogP contribution in [0.1, 0.15) is 22.5 Å². The van der Waals surface area contributed by atoms with Gasteiger partial charge in [-0.05, 0) is 30.3 Å². The quantitative estimate of drug-likeness (QED) is 0.622. The van der Waals surface area contributed by atoms with Gasteiger partial charge < -0.3 is 20.5 Å². The summed E-state index contributed by atoms with van der Waals surface area (Å²) in [6, 6.07) is 12.2. The van der Waals surface area contributed by atoms with Gasteiger partial charge in [0.15, 0.2) is 5.82 Å². The Labute approximate surface area is 178 Å². The zero-order valence-corrected chi connectivity index (χ0v) is 17.0. The van der Waals surface area contributed by atoms with Crippen molar-refractivity contribution >= 4 is 22.7 Å². The first kappa shape index (κ1) is 20.3. The molecule has 4 rings (SSSR count). The Morgan fingerprint density at radius 2 is 2.06 bits per heavy atom. The van der Waals surface area contributed by atoms with E-state index in [1.54, 1.807) is 49.5 Å². The Morgan fingerprint density at radius 1 is 1.26 bits per heavy atom. The van der Waals surface area contributed by atoms with Crippen LogP contribution in [0, 0.1) is 11.8 Å². The minimum atomic E-state index is -1.68. The Balaban J connectivity index is 1.75. The van der Waals surface area contributed by atoms with Crippen LogP contribution in [0.15, 0.2) is 42.5 Å². The molecule has 156 valence electrons. The van der Waals surface area contributed by atoms with Crippen molar-refractivity contribution in [1.82, 2.24) is 14.9 Å². The third-order valence-electron chi connectivity index (χ3n) is 5.18. The molecule has 0 radical (unpaired) electrons. The van der Waals surface area contributed by atoms with Gasteiger partial charge in [0.1, 0.15) is 11.4 Å². The summed E-state index contributed by atoms with van der Waals surface area (Å²) in [7, 11) is 3.16. The van der Waals surface area contributed by atoms with Crippen LogP contribution in [0.2, 0.25) is 0 Å². The number of primary amides is 1. The number of likely N-dealkylation sites (N-methyl/N-ethyl adjacent to an activating group) is 1. The topological polar surface area (TPSA) is 119 Å². The highest BCUT2D eigenvalue weighted by molar-refractivity contribution is 6.04. The number of nitrogens with two attached hydrogens (primary N) is 1. The molecule has 0 spiro atoms. The first-order valence-corrected chi connectivity index (χ1v) is 9.58. The largest absolute Gasteiger partial charge is 0.497 e. The number of aromatic nitrogens is 2. The van der Waals surface area contributed by atoms with Gasteiger partial charge in [0.2, 0.25) is 5.60 Å². The van der Waals surface area contributed by atoms with Gasteiger partial charge in [-0.15, -0.1) is 0 Å². The van der Waals surface area contributed by atoms with E-state index in [1.807, 2.05) is 0 Å². The highest BCUT2D eigenvalue weighted by Gasteiger charge is 2.42.